The minimum atomic E-state index is -0.0582. The number of carbonyl (C=O) groups excluding carboxylic acids is 1. The van der Waals surface area contributed by atoms with Gasteiger partial charge in [0.05, 0.1) is 10.6 Å². The van der Waals surface area contributed by atoms with Gasteiger partial charge in [-0.05, 0) is 32.1 Å². The predicted octanol–water partition coefficient (Wildman–Crippen LogP) is 4.52. The quantitative estimate of drug-likeness (QED) is 0.417. The maximum absolute atomic E-state index is 13.3. The molecule has 0 atom stereocenters. The average Bonchev–Trinajstić information content (AvgIpc) is 2.82. The van der Waals surface area contributed by atoms with Gasteiger partial charge in [0, 0.05) is 81.4 Å². The van der Waals surface area contributed by atoms with Gasteiger partial charge in [0.25, 0.3) is 5.91 Å². The van der Waals surface area contributed by atoms with E-state index in [0.717, 1.165) is 37.6 Å². The number of rotatable bonds is 7. The molecular weight excluding hydrogens is 457 g/mol. The molecule has 0 radical (unpaired) electrons. The highest BCUT2D eigenvalue weighted by atomic mass is 35.5. The average molecular weight is 490 g/mol. The maximum Gasteiger partial charge on any atom is 0.255 e. The first kappa shape index (κ1) is 25.3. The predicted molar refractivity (Wildman–Crippen MR) is 138 cm³/mol. The van der Waals surface area contributed by atoms with E-state index in [2.05, 4.69) is 39.8 Å². The molecule has 0 saturated carbocycles. The lowest BCUT2D eigenvalue weighted by Crippen LogP contribution is -2.48. The number of hydrogen-bond donors (Lipinski definition) is 0. The van der Waals surface area contributed by atoms with E-state index in [9.17, 15) is 4.79 Å². The normalized spacial score (nSPS) is 18.2. The summed E-state index contributed by atoms with van der Waals surface area (Å²) in [5, 5.41) is 1.06. The second kappa shape index (κ2) is 11.7. The number of nitrogens with zero attached hydrogens (tertiary/aromatic N) is 5. The summed E-state index contributed by atoms with van der Waals surface area (Å²) in [6.45, 7) is 18.6. The number of halogens is 2. The molecule has 3 rings (SSSR count). The zero-order valence-electron chi connectivity index (χ0n) is 19.6. The van der Waals surface area contributed by atoms with E-state index in [1.165, 1.54) is 5.70 Å². The maximum atomic E-state index is 13.3. The standard InChI is InChI=1S/C25H33Cl2N5O/c1-5-7-19(3)30-12-10-29(11-13-30)18-22-23(26)9-8-21(24(22)27)25(33)32-16-14-31(15-17-32)20(4)28-6-2/h5-9H,1,4,10-18H2,2-3H3/b19-7+,28-6?. The van der Waals surface area contributed by atoms with Gasteiger partial charge in [-0.15, -0.1) is 0 Å². The molecule has 1 amide bonds. The van der Waals surface area contributed by atoms with E-state index < -0.39 is 0 Å². The van der Waals surface area contributed by atoms with E-state index in [0.29, 0.717) is 48.3 Å². The van der Waals surface area contributed by atoms with Gasteiger partial charge in [-0.1, -0.05) is 42.4 Å². The van der Waals surface area contributed by atoms with Gasteiger partial charge in [-0.2, -0.15) is 0 Å². The molecule has 2 saturated heterocycles. The lowest BCUT2D eigenvalue weighted by Gasteiger charge is -2.37. The largest absolute Gasteiger partial charge is 0.372 e. The summed E-state index contributed by atoms with van der Waals surface area (Å²) in [6, 6.07) is 3.53. The third-order valence-corrected chi connectivity index (χ3v) is 7.02. The number of carbonyl (C=O) groups is 1. The van der Waals surface area contributed by atoms with Crippen LogP contribution in [0.25, 0.3) is 0 Å². The van der Waals surface area contributed by atoms with Crippen molar-refractivity contribution in [2.75, 3.05) is 52.4 Å². The first-order valence-corrected chi connectivity index (χ1v) is 12.1. The van der Waals surface area contributed by atoms with Crippen LogP contribution in [0.2, 0.25) is 10.0 Å². The molecule has 2 aliphatic rings. The Labute approximate surface area is 207 Å². The molecule has 6 nitrogen and oxygen atoms in total. The van der Waals surface area contributed by atoms with Crippen molar-refractivity contribution in [2.45, 2.75) is 20.4 Å². The molecule has 0 unspecified atom stereocenters. The van der Waals surface area contributed by atoms with Crippen LogP contribution in [0.4, 0.5) is 0 Å². The Bertz CT molecular complexity index is 942. The molecule has 0 aromatic heterocycles. The molecule has 2 fully saturated rings. The van der Waals surface area contributed by atoms with Crippen LogP contribution in [0.15, 0.2) is 54.0 Å². The Kier molecular flexibility index (Phi) is 9.01. The van der Waals surface area contributed by atoms with Crippen LogP contribution in [-0.4, -0.2) is 84.1 Å². The van der Waals surface area contributed by atoms with Crippen molar-refractivity contribution in [2.24, 2.45) is 4.99 Å². The number of aliphatic imine (C=N–C) groups is 1. The van der Waals surface area contributed by atoms with Crippen molar-refractivity contribution in [3.8, 4) is 0 Å². The summed E-state index contributed by atoms with van der Waals surface area (Å²) < 4.78 is 0. The fraction of sp³-hybridized carbons (Fsp3) is 0.440. The molecule has 0 aliphatic carbocycles. The van der Waals surface area contributed by atoms with Crippen LogP contribution in [0, 0.1) is 0 Å². The van der Waals surface area contributed by atoms with Crippen molar-refractivity contribution in [3.05, 3.63) is 70.1 Å². The third-order valence-electron chi connectivity index (χ3n) is 6.24. The highest BCUT2D eigenvalue weighted by Crippen LogP contribution is 2.31. The molecule has 0 spiro atoms. The summed E-state index contributed by atoms with van der Waals surface area (Å²) in [4.78, 5) is 26.1. The molecular formula is C25H33Cl2N5O. The molecule has 8 heteroatoms. The fourth-order valence-electron chi connectivity index (χ4n) is 4.23. The second-order valence-corrected chi connectivity index (χ2v) is 9.06. The molecule has 0 N–H and O–H groups in total. The molecule has 0 bridgehead atoms. The molecule has 2 heterocycles. The van der Waals surface area contributed by atoms with Gasteiger partial charge in [0.1, 0.15) is 5.82 Å². The van der Waals surface area contributed by atoms with Crippen LogP contribution >= 0.6 is 23.2 Å². The highest BCUT2D eigenvalue weighted by Gasteiger charge is 2.26. The number of piperazine rings is 2. The monoisotopic (exact) mass is 489 g/mol. The summed E-state index contributed by atoms with van der Waals surface area (Å²) in [7, 11) is 0. The van der Waals surface area contributed by atoms with Crippen molar-refractivity contribution in [3.63, 3.8) is 0 Å². The Balaban J connectivity index is 1.65. The summed E-state index contributed by atoms with van der Waals surface area (Å²) in [6.07, 6.45) is 5.58. The van der Waals surface area contributed by atoms with Crippen LogP contribution in [0.5, 0.6) is 0 Å². The van der Waals surface area contributed by atoms with Crippen LogP contribution < -0.4 is 0 Å². The number of benzene rings is 1. The highest BCUT2D eigenvalue weighted by molar-refractivity contribution is 6.38. The summed E-state index contributed by atoms with van der Waals surface area (Å²) in [5.74, 6) is 0.670. The zero-order chi connectivity index (χ0) is 24.0. The van der Waals surface area contributed by atoms with Gasteiger partial charge in [0.15, 0.2) is 0 Å². The van der Waals surface area contributed by atoms with Crippen LogP contribution in [0.1, 0.15) is 29.8 Å². The summed E-state index contributed by atoms with van der Waals surface area (Å²) in [5.41, 5.74) is 2.55. The van der Waals surface area contributed by atoms with Gasteiger partial charge in [-0.3, -0.25) is 9.69 Å². The first-order valence-electron chi connectivity index (χ1n) is 11.3. The molecule has 178 valence electrons. The number of allylic oxidation sites excluding steroid dienone is 3. The lowest BCUT2D eigenvalue weighted by molar-refractivity contribution is 0.0669. The van der Waals surface area contributed by atoms with E-state index in [1.807, 2.05) is 24.0 Å². The first-order chi connectivity index (χ1) is 15.8. The fourth-order valence-corrected chi connectivity index (χ4v) is 4.81. The van der Waals surface area contributed by atoms with Gasteiger partial charge in [-0.25, -0.2) is 4.99 Å². The van der Waals surface area contributed by atoms with E-state index in [-0.39, 0.29) is 5.91 Å². The zero-order valence-corrected chi connectivity index (χ0v) is 21.1. The SMILES string of the molecule is C=C/C=C(\C)N1CCN(Cc2c(Cl)ccc(C(=O)N3CCN(C(=C)N=CC)CC3)c2Cl)CC1. The van der Waals surface area contributed by atoms with Crippen LogP contribution in [0.3, 0.4) is 0 Å². The second-order valence-electron chi connectivity index (χ2n) is 8.28. The topological polar surface area (TPSA) is 42.4 Å². The van der Waals surface area contributed by atoms with Crippen molar-refractivity contribution >= 4 is 35.3 Å². The minimum Gasteiger partial charge on any atom is -0.372 e. The van der Waals surface area contributed by atoms with E-state index in [4.69, 9.17) is 23.2 Å². The van der Waals surface area contributed by atoms with Crippen molar-refractivity contribution < 1.29 is 4.79 Å². The number of hydrogen-bond acceptors (Lipinski definition) is 5. The van der Waals surface area contributed by atoms with Gasteiger partial charge >= 0.3 is 0 Å². The van der Waals surface area contributed by atoms with Crippen molar-refractivity contribution in [1.29, 1.82) is 0 Å². The summed E-state index contributed by atoms with van der Waals surface area (Å²) >= 11 is 13.3. The Morgan fingerprint density at radius 3 is 2.24 bits per heavy atom. The van der Waals surface area contributed by atoms with E-state index in [1.54, 1.807) is 18.3 Å². The smallest absolute Gasteiger partial charge is 0.255 e. The molecule has 33 heavy (non-hydrogen) atoms. The Morgan fingerprint density at radius 1 is 1.03 bits per heavy atom. The minimum absolute atomic E-state index is 0.0582. The van der Waals surface area contributed by atoms with Gasteiger partial charge < -0.3 is 14.7 Å². The molecule has 1 aromatic rings. The third kappa shape index (κ3) is 6.19. The van der Waals surface area contributed by atoms with E-state index >= 15 is 0 Å². The van der Waals surface area contributed by atoms with Crippen LogP contribution in [-0.2, 0) is 6.54 Å². The van der Waals surface area contributed by atoms with Gasteiger partial charge in [0.2, 0.25) is 0 Å². The number of amides is 1. The molecule has 1 aromatic carbocycles. The Morgan fingerprint density at radius 2 is 1.64 bits per heavy atom. The Hall–Kier alpha value is -2.28. The van der Waals surface area contributed by atoms with Crippen molar-refractivity contribution in [1.82, 2.24) is 19.6 Å². The molecule has 2 aliphatic heterocycles. The lowest BCUT2D eigenvalue weighted by atomic mass is 10.1.